The van der Waals surface area contributed by atoms with Crippen LogP contribution in [0.4, 0.5) is 4.79 Å². The highest BCUT2D eigenvalue weighted by Crippen LogP contribution is 2.29. The van der Waals surface area contributed by atoms with Gasteiger partial charge in [-0.1, -0.05) is 17.7 Å². The van der Waals surface area contributed by atoms with Crippen molar-refractivity contribution in [1.29, 1.82) is 0 Å². The highest BCUT2D eigenvalue weighted by Gasteiger charge is 2.23. The Balaban J connectivity index is 1.80. The SMILES string of the molecule is Cc1ccc2c(c1)CC(CNC(=O)NC(C)C(=O)O)O2. The second-order valence-electron chi connectivity index (χ2n) is 4.97. The minimum absolute atomic E-state index is 0.113. The largest absolute Gasteiger partial charge is 0.488 e. The van der Waals surface area contributed by atoms with Crippen molar-refractivity contribution in [2.75, 3.05) is 6.54 Å². The Bertz CT molecular complexity index is 530. The van der Waals surface area contributed by atoms with Gasteiger partial charge in [0.2, 0.25) is 0 Å². The molecule has 0 aliphatic carbocycles. The molecular weight excluding hydrogens is 260 g/mol. The summed E-state index contributed by atoms with van der Waals surface area (Å²) in [5.41, 5.74) is 2.31. The van der Waals surface area contributed by atoms with E-state index in [2.05, 4.69) is 16.7 Å². The number of urea groups is 1. The van der Waals surface area contributed by atoms with Gasteiger partial charge in [-0.15, -0.1) is 0 Å². The summed E-state index contributed by atoms with van der Waals surface area (Å²) in [5, 5.41) is 13.6. The fraction of sp³-hybridized carbons (Fsp3) is 0.429. The number of rotatable bonds is 4. The first-order chi connectivity index (χ1) is 9.45. The number of hydrogen-bond donors (Lipinski definition) is 3. The molecule has 2 rings (SSSR count). The number of carboxylic acid groups (broad SMARTS) is 1. The van der Waals surface area contributed by atoms with Crippen LogP contribution in [0, 0.1) is 6.92 Å². The van der Waals surface area contributed by atoms with E-state index in [1.54, 1.807) is 0 Å². The molecule has 0 radical (unpaired) electrons. The normalized spacial score (nSPS) is 17.8. The van der Waals surface area contributed by atoms with Crippen molar-refractivity contribution in [3.8, 4) is 5.75 Å². The lowest BCUT2D eigenvalue weighted by atomic mass is 10.1. The lowest BCUT2D eigenvalue weighted by molar-refractivity contribution is -0.138. The van der Waals surface area contributed by atoms with E-state index in [0.29, 0.717) is 6.54 Å². The van der Waals surface area contributed by atoms with Crippen molar-refractivity contribution in [1.82, 2.24) is 10.6 Å². The van der Waals surface area contributed by atoms with Gasteiger partial charge in [-0.25, -0.2) is 4.79 Å². The van der Waals surface area contributed by atoms with E-state index in [0.717, 1.165) is 17.7 Å². The van der Waals surface area contributed by atoms with E-state index in [9.17, 15) is 9.59 Å². The van der Waals surface area contributed by atoms with E-state index in [1.165, 1.54) is 12.5 Å². The van der Waals surface area contributed by atoms with Crippen LogP contribution in [-0.4, -0.2) is 35.8 Å². The van der Waals surface area contributed by atoms with E-state index in [4.69, 9.17) is 9.84 Å². The molecule has 1 aliphatic heterocycles. The number of nitrogens with one attached hydrogen (secondary N) is 2. The van der Waals surface area contributed by atoms with Crippen molar-refractivity contribution in [3.05, 3.63) is 29.3 Å². The number of carbonyl (C=O) groups excluding carboxylic acids is 1. The molecule has 0 aromatic heterocycles. The maximum atomic E-state index is 11.5. The van der Waals surface area contributed by atoms with Crippen LogP contribution in [-0.2, 0) is 11.2 Å². The Morgan fingerprint density at radius 2 is 2.25 bits per heavy atom. The molecule has 0 spiro atoms. The summed E-state index contributed by atoms with van der Waals surface area (Å²) in [7, 11) is 0. The van der Waals surface area contributed by atoms with Crippen molar-refractivity contribution in [3.63, 3.8) is 0 Å². The first kappa shape index (κ1) is 14.2. The quantitative estimate of drug-likeness (QED) is 0.768. The molecule has 2 atom stereocenters. The predicted octanol–water partition coefficient (Wildman–Crippen LogP) is 1.07. The van der Waals surface area contributed by atoms with Crippen molar-refractivity contribution in [2.45, 2.75) is 32.4 Å². The molecule has 108 valence electrons. The molecule has 1 aliphatic rings. The molecule has 6 nitrogen and oxygen atoms in total. The van der Waals surface area contributed by atoms with Crippen LogP contribution in [0.1, 0.15) is 18.1 Å². The topological polar surface area (TPSA) is 87.7 Å². The number of carbonyl (C=O) groups is 2. The number of aliphatic carboxylic acids is 1. The Labute approximate surface area is 117 Å². The zero-order valence-corrected chi connectivity index (χ0v) is 11.5. The molecule has 2 unspecified atom stereocenters. The molecule has 1 heterocycles. The summed E-state index contributed by atoms with van der Waals surface area (Å²) in [6.45, 7) is 3.77. The molecule has 0 fully saturated rings. The predicted molar refractivity (Wildman–Crippen MR) is 72.9 cm³/mol. The average molecular weight is 278 g/mol. The number of fused-ring (bicyclic) bond motifs is 1. The number of amides is 2. The maximum Gasteiger partial charge on any atom is 0.325 e. The van der Waals surface area contributed by atoms with Gasteiger partial charge in [-0.3, -0.25) is 4.79 Å². The third-order valence-electron chi connectivity index (χ3n) is 3.17. The second-order valence-corrected chi connectivity index (χ2v) is 4.97. The van der Waals surface area contributed by atoms with Crippen molar-refractivity contribution in [2.24, 2.45) is 0 Å². The Kier molecular flexibility index (Phi) is 4.12. The lowest BCUT2D eigenvalue weighted by Crippen LogP contribution is -2.46. The monoisotopic (exact) mass is 278 g/mol. The molecule has 0 saturated heterocycles. The summed E-state index contributed by atoms with van der Waals surface area (Å²) in [4.78, 5) is 22.1. The summed E-state index contributed by atoms with van der Waals surface area (Å²) >= 11 is 0. The Morgan fingerprint density at radius 3 is 2.95 bits per heavy atom. The summed E-state index contributed by atoms with van der Waals surface area (Å²) in [6.07, 6.45) is 0.629. The number of aryl methyl sites for hydroxylation is 1. The van der Waals surface area contributed by atoms with Crippen molar-refractivity contribution >= 4 is 12.0 Å². The van der Waals surface area contributed by atoms with Gasteiger partial charge in [-0.2, -0.15) is 0 Å². The standard InChI is InChI=1S/C14H18N2O4/c1-8-3-4-12-10(5-8)6-11(20-12)7-15-14(19)16-9(2)13(17)18/h3-5,9,11H,6-7H2,1-2H3,(H,17,18)(H2,15,16,19). The molecule has 0 saturated carbocycles. The van der Waals surface area contributed by atoms with Crippen LogP contribution >= 0.6 is 0 Å². The molecule has 6 heteroatoms. The minimum atomic E-state index is -1.07. The van der Waals surface area contributed by atoms with Gasteiger partial charge in [-0.05, 0) is 25.5 Å². The van der Waals surface area contributed by atoms with Crippen LogP contribution in [0.5, 0.6) is 5.75 Å². The molecule has 1 aromatic rings. The number of carboxylic acids is 1. The Hall–Kier alpha value is -2.24. The van der Waals surface area contributed by atoms with Gasteiger partial charge in [0.05, 0.1) is 6.54 Å². The van der Waals surface area contributed by atoms with Gasteiger partial charge < -0.3 is 20.5 Å². The number of ether oxygens (including phenoxy) is 1. The average Bonchev–Trinajstić information content (AvgIpc) is 2.78. The Morgan fingerprint density at radius 1 is 1.50 bits per heavy atom. The molecular formula is C14H18N2O4. The maximum absolute atomic E-state index is 11.5. The van der Waals surface area contributed by atoms with Gasteiger partial charge >= 0.3 is 12.0 Å². The smallest absolute Gasteiger partial charge is 0.325 e. The van der Waals surface area contributed by atoms with Gasteiger partial charge in [0.25, 0.3) is 0 Å². The van der Waals surface area contributed by atoms with Crippen LogP contribution in [0.3, 0.4) is 0 Å². The third kappa shape index (κ3) is 3.40. The van der Waals surface area contributed by atoms with Crippen LogP contribution in [0.2, 0.25) is 0 Å². The van der Waals surface area contributed by atoms with Crippen molar-refractivity contribution < 1.29 is 19.4 Å². The van der Waals surface area contributed by atoms with Gasteiger partial charge in [0.1, 0.15) is 17.9 Å². The molecule has 20 heavy (non-hydrogen) atoms. The van der Waals surface area contributed by atoms with Gasteiger partial charge in [0.15, 0.2) is 0 Å². The number of hydrogen-bond acceptors (Lipinski definition) is 3. The first-order valence-corrected chi connectivity index (χ1v) is 6.49. The van der Waals surface area contributed by atoms with E-state index < -0.39 is 18.0 Å². The van der Waals surface area contributed by atoms with E-state index >= 15 is 0 Å². The zero-order chi connectivity index (χ0) is 14.7. The van der Waals surface area contributed by atoms with Gasteiger partial charge in [0, 0.05) is 6.42 Å². The minimum Gasteiger partial charge on any atom is -0.488 e. The molecule has 1 aromatic carbocycles. The second kappa shape index (κ2) is 5.81. The highest BCUT2D eigenvalue weighted by molar-refractivity contribution is 5.82. The summed E-state index contributed by atoms with van der Waals surface area (Å²) < 4.78 is 5.71. The zero-order valence-electron chi connectivity index (χ0n) is 11.5. The van der Waals surface area contributed by atoms with E-state index in [1.807, 2.05) is 19.1 Å². The summed E-state index contributed by atoms with van der Waals surface area (Å²) in [5.74, 6) is -0.221. The fourth-order valence-corrected chi connectivity index (χ4v) is 2.08. The first-order valence-electron chi connectivity index (χ1n) is 6.49. The van der Waals surface area contributed by atoms with Crippen LogP contribution in [0.15, 0.2) is 18.2 Å². The van der Waals surface area contributed by atoms with E-state index in [-0.39, 0.29) is 6.10 Å². The molecule has 0 bridgehead atoms. The molecule has 2 amide bonds. The fourth-order valence-electron chi connectivity index (χ4n) is 2.08. The third-order valence-corrected chi connectivity index (χ3v) is 3.17. The van der Waals surface area contributed by atoms with Crippen LogP contribution < -0.4 is 15.4 Å². The van der Waals surface area contributed by atoms with Crippen LogP contribution in [0.25, 0.3) is 0 Å². The highest BCUT2D eigenvalue weighted by atomic mass is 16.5. The number of benzene rings is 1. The summed E-state index contributed by atoms with van der Waals surface area (Å²) in [6, 6.07) is 4.56. The molecule has 3 N–H and O–H groups in total. The lowest BCUT2D eigenvalue weighted by Gasteiger charge is -2.14.